The summed E-state index contributed by atoms with van der Waals surface area (Å²) in [5, 5.41) is 10.4. The summed E-state index contributed by atoms with van der Waals surface area (Å²) in [5.74, 6) is 0. The van der Waals surface area contributed by atoms with Gasteiger partial charge in [-0.3, -0.25) is 10.3 Å². The minimum absolute atomic E-state index is 0.407. The van der Waals surface area contributed by atoms with Crippen LogP contribution in [0.2, 0.25) is 0 Å². The highest BCUT2D eigenvalue weighted by Crippen LogP contribution is 2.13. The molecule has 0 bridgehead atoms. The monoisotopic (exact) mass is 164 g/mol. The summed E-state index contributed by atoms with van der Waals surface area (Å²) in [6, 6.07) is 6.97. The van der Waals surface area contributed by atoms with Crippen molar-refractivity contribution in [2.24, 2.45) is 0 Å². The average molecular weight is 164 g/mol. The quantitative estimate of drug-likeness (QED) is 0.405. The van der Waals surface area contributed by atoms with E-state index in [0.717, 1.165) is 5.06 Å². The Hall–Kier alpha value is -1.48. The number of nitrogens with zero attached hydrogens (tertiary/aromatic N) is 1. The number of anilines is 2. The smallest absolute Gasteiger partial charge is 0.0639 e. The highest BCUT2D eigenvalue weighted by atomic mass is 16.5. The molecule has 3 heteroatoms. The van der Waals surface area contributed by atoms with Gasteiger partial charge in [0.25, 0.3) is 0 Å². The maximum absolute atomic E-state index is 9.33. The Bertz CT molecular complexity index is 256. The first-order chi connectivity index (χ1) is 5.74. The van der Waals surface area contributed by atoms with Crippen molar-refractivity contribution in [3.8, 4) is 0 Å². The van der Waals surface area contributed by atoms with Crippen LogP contribution in [-0.4, -0.2) is 11.8 Å². The maximum atomic E-state index is 9.33. The predicted octanol–water partition coefficient (Wildman–Crippen LogP) is 1.65. The van der Waals surface area contributed by atoms with Crippen LogP contribution in [-0.2, 0) is 0 Å². The van der Waals surface area contributed by atoms with Crippen molar-refractivity contribution in [1.29, 1.82) is 0 Å². The van der Waals surface area contributed by atoms with Crippen LogP contribution >= 0.6 is 0 Å². The topological polar surface area (TPSA) is 49.5 Å². The Morgan fingerprint density at radius 1 is 1.42 bits per heavy atom. The first kappa shape index (κ1) is 8.62. The Labute approximate surface area is 71.7 Å². The summed E-state index contributed by atoms with van der Waals surface area (Å²) in [6.07, 6.45) is 1.62. The van der Waals surface area contributed by atoms with Crippen molar-refractivity contribution >= 4 is 11.4 Å². The summed E-state index contributed by atoms with van der Waals surface area (Å²) in [7, 11) is 0. The fourth-order valence-corrected chi connectivity index (χ4v) is 0.874. The van der Waals surface area contributed by atoms with Crippen LogP contribution in [0.25, 0.3) is 0 Å². The van der Waals surface area contributed by atoms with E-state index in [1.807, 2.05) is 0 Å². The first-order valence-electron chi connectivity index (χ1n) is 3.67. The van der Waals surface area contributed by atoms with Gasteiger partial charge in [-0.1, -0.05) is 6.08 Å². The molecule has 0 aliphatic carbocycles. The molecule has 0 saturated carbocycles. The lowest BCUT2D eigenvalue weighted by atomic mass is 10.3. The van der Waals surface area contributed by atoms with E-state index in [4.69, 9.17) is 5.73 Å². The molecule has 0 fully saturated rings. The molecule has 1 rings (SSSR count). The van der Waals surface area contributed by atoms with Gasteiger partial charge in [0.2, 0.25) is 0 Å². The summed E-state index contributed by atoms with van der Waals surface area (Å²) in [4.78, 5) is 0. The van der Waals surface area contributed by atoms with E-state index in [-0.39, 0.29) is 0 Å². The molecule has 3 nitrogen and oxygen atoms in total. The molecule has 0 atom stereocenters. The van der Waals surface area contributed by atoms with E-state index >= 15 is 0 Å². The Kier molecular flexibility index (Phi) is 2.71. The molecule has 64 valence electrons. The van der Waals surface area contributed by atoms with E-state index < -0.39 is 0 Å². The second-order valence-corrected chi connectivity index (χ2v) is 2.46. The summed E-state index contributed by atoms with van der Waals surface area (Å²) >= 11 is 0. The number of rotatable bonds is 3. The van der Waals surface area contributed by atoms with Gasteiger partial charge in [-0.25, -0.2) is 0 Å². The molecule has 0 amide bonds. The minimum atomic E-state index is 0.407. The molecule has 0 aliphatic rings. The Morgan fingerprint density at radius 2 is 2.00 bits per heavy atom. The zero-order valence-electron chi connectivity index (χ0n) is 6.77. The van der Waals surface area contributed by atoms with Crippen LogP contribution < -0.4 is 10.8 Å². The van der Waals surface area contributed by atoms with Gasteiger partial charge in [0.15, 0.2) is 0 Å². The molecule has 0 radical (unpaired) electrons. The second kappa shape index (κ2) is 3.78. The highest BCUT2D eigenvalue weighted by molar-refractivity contribution is 5.51. The number of hydroxylamine groups is 1. The van der Waals surface area contributed by atoms with Crippen molar-refractivity contribution < 1.29 is 5.21 Å². The van der Waals surface area contributed by atoms with E-state index in [0.29, 0.717) is 17.9 Å². The summed E-state index contributed by atoms with van der Waals surface area (Å²) in [6.45, 7) is 3.92. The van der Waals surface area contributed by atoms with Crippen LogP contribution in [0.15, 0.2) is 36.9 Å². The average Bonchev–Trinajstić information content (AvgIpc) is 2.06. The summed E-state index contributed by atoms with van der Waals surface area (Å²) in [5.41, 5.74) is 6.88. The molecule has 3 N–H and O–H groups in total. The largest absolute Gasteiger partial charge is 0.399 e. The normalized spacial score (nSPS) is 9.42. The number of hydrogen-bond donors (Lipinski definition) is 2. The van der Waals surface area contributed by atoms with Gasteiger partial charge in [0.1, 0.15) is 0 Å². The number of nitrogens with two attached hydrogens (primary N) is 1. The lowest BCUT2D eigenvalue weighted by molar-refractivity contribution is 0.266. The molecule has 0 aliphatic heterocycles. The molecular weight excluding hydrogens is 152 g/mol. The fraction of sp³-hybridized carbons (Fsp3) is 0.111. The molecule has 0 saturated heterocycles. The van der Waals surface area contributed by atoms with E-state index in [1.54, 1.807) is 30.3 Å². The maximum Gasteiger partial charge on any atom is 0.0639 e. The van der Waals surface area contributed by atoms with Gasteiger partial charge >= 0.3 is 0 Å². The molecule has 0 spiro atoms. The van der Waals surface area contributed by atoms with Gasteiger partial charge in [-0.05, 0) is 24.3 Å². The number of hydrogen-bond acceptors (Lipinski definition) is 3. The van der Waals surface area contributed by atoms with Crippen molar-refractivity contribution in [2.45, 2.75) is 0 Å². The number of nitrogen functional groups attached to an aromatic ring is 1. The van der Waals surface area contributed by atoms with Gasteiger partial charge in [-0.15, -0.1) is 6.58 Å². The first-order valence-corrected chi connectivity index (χ1v) is 3.67. The standard InChI is InChI=1S/C9H12N2O/c1-2-7-11(12)9-5-3-8(10)4-6-9/h2-6,12H,1,7,10H2. The Balaban J connectivity index is 2.74. The van der Waals surface area contributed by atoms with Crippen LogP contribution in [0.3, 0.4) is 0 Å². The zero-order valence-corrected chi connectivity index (χ0v) is 6.77. The second-order valence-electron chi connectivity index (χ2n) is 2.46. The van der Waals surface area contributed by atoms with Crippen molar-refractivity contribution in [3.05, 3.63) is 36.9 Å². The molecular formula is C9H12N2O. The molecule has 1 aromatic rings. The van der Waals surface area contributed by atoms with Crippen LogP contribution in [0.4, 0.5) is 11.4 Å². The van der Waals surface area contributed by atoms with Crippen molar-refractivity contribution in [2.75, 3.05) is 17.3 Å². The Morgan fingerprint density at radius 3 is 2.50 bits per heavy atom. The van der Waals surface area contributed by atoms with Gasteiger partial charge in [-0.2, -0.15) is 0 Å². The van der Waals surface area contributed by atoms with Gasteiger partial charge in [0, 0.05) is 5.69 Å². The molecule has 12 heavy (non-hydrogen) atoms. The zero-order chi connectivity index (χ0) is 8.97. The predicted molar refractivity (Wildman–Crippen MR) is 50.2 cm³/mol. The fourth-order valence-electron chi connectivity index (χ4n) is 0.874. The van der Waals surface area contributed by atoms with E-state index in [9.17, 15) is 5.21 Å². The SMILES string of the molecule is C=CCN(O)c1ccc(N)cc1. The minimum Gasteiger partial charge on any atom is -0.399 e. The van der Waals surface area contributed by atoms with Gasteiger partial charge < -0.3 is 5.73 Å². The molecule has 1 aromatic carbocycles. The summed E-state index contributed by atoms with van der Waals surface area (Å²) < 4.78 is 0. The third kappa shape index (κ3) is 2.00. The molecule has 0 unspecified atom stereocenters. The lowest BCUT2D eigenvalue weighted by Gasteiger charge is -2.14. The van der Waals surface area contributed by atoms with Crippen molar-refractivity contribution in [1.82, 2.24) is 0 Å². The van der Waals surface area contributed by atoms with Crippen LogP contribution in [0.1, 0.15) is 0 Å². The van der Waals surface area contributed by atoms with Crippen LogP contribution in [0.5, 0.6) is 0 Å². The van der Waals surface area contributed by atoms with E-state index in [2.05, 4.69) is 6.58 Å². The molecule has 0 aromatic heterocycles. The molecule has 0 heterocycles. The van der Waals surface area contributed by atoms with Gasteiger partial charge in [0.05, 0.1) is 12.2 Å². The van der Waals surface area contributed by atoms with Crippen molar-refractivity contribution in [3.63, 3.8) is 0 Å². The van der Waals surface area contributed by atoms with E-state index in [1.165, 1.54) is 0 Å². The highest BCUT2D eigenvalue weighted by Gasteiger charge is 1.98. The third-order valence-electron chi connectivity index (χ3n) is 1.49. The third-order valence-corrected chi connectivity index (χ3v) is 1.49. The number of benzene rings is 1. The lowest BCUT2D eigenvalue weighted by Crippen LogP contribution is -2.17. The van der Waals surface area contributed by atoms with Crippen LogP contribution in [0, 0.1) is 0 Å².